The van der Waals surface area contributed by atoms with Crippen LogP contribution in [0.25, 0.3) is 0 Å². The van der Waals surface area contributed by atoms with Crippen LogP contribution < -0.4 is 0 Å². The molecule has 0 saturated heterocycles. The smallest absolute Gasteiger partial charge is 0.207 e. The summed E-state index contributed by atoms with van der Waals surface area (Å²) in [7, 11) is -3.57. The Bertz CT molecular complexity index is 600. The summed E-state index contributed by atoms with van der Waals surface area (Å²) in [6, 6.07) is 3.95. The van der Waals surface area contributed by atoms with Crippen LogP contribution in [0.5, 0.6) is 0 Å². The van der Waals surface area contributed by atoms with Crippen molar-refractivity contribution in [2.75, 3.05) is 6.54 Å². The summed E-state index contributed by atoms with van der Waals surface area (Å²) in [5, 5.41) is 0. The maximum absolute atomic E-state index is 13.5. The predicted octanol–water partition coefficient (Wildman–Crippen LogP) is 3.76. The second-order valence-corrected chi connectivity index (χ2v) is 8.07. The van der Waals surface area contributed by atoms with Crippen molar-refractivity contribution in [3.8, 4) is 0 Å². The van der Waals surface area contributed by atoms with Gasteiger partial charge < -0.3 is 0 Å². The van der Waals surface area contributed by atoms with E-state index in [0.29, 0.717) is 12.5 Å². The summed E-state index contributed by atoms with van der Waals surface area (Å²) in [5.74, 6) is -0.0675. The Kier molecular flexibility index (Phi) is 5.28. The van der Waals surface area contributed by atoms with Crippen LogP contribution in [0.3, 0.4) is 0 Å². The molecular formula is C15H21ClFNO2S. The third kappa shape index (κ3) is 3.96. The minimum atomic E-state index is -3.57. The van der Waals surface area contributed by atoms with E-state index >= 15 is 0 Å². The van der Waals surface area contributed by atoms with E-state index in [0.717, 1.165) is 19.3 Å². The highest BCUT2D eigenvalue weighted by atomic mass is 35.5. The molecule has 1 aliphatic carbocycles. The Hall–Kier alpha value is -0.650. The van der Waals surface area contributed by atoms with E-state index in [1.54, 1.807) is 4.31 Å². The monoisotopic (exact) mass is 333 g/mol. The molecule has 6 heteroatoms. The molecule has 1 aromatic carbocycles. The van der Waals surface area contributed by atoms with Crippen molar-refractivity contribution >= 4 is 21.6 Å². The van der Waals surface area contributed by atoms with Crippen molar-refractivity contribution in [1.29, 1.82) is 0 Å². The molecule has 0 radical (unpaired) electrons. The summed E-state index contributed by atoms with van der Waals surface area (Å²) in [4.78, 5) is 0.134. The maximum Gasteiger partial charge on any atom is 0.243 e. The number of alkyl halides is 1. The number of benzene rings is 1. The first-order valence-electron chi connectivity index (χ1n) is 7.22. The molecule has 0 spiro atoms. The second-order valence-electron chi connectivity index (χ2n) is 5.92. The summed E-state index contributed by atoms with van der Waals surface area (Å²) in [6.45, 7) is 4.65. The first kappa shape index (κ1) is 16.7. The van der Waals surface area contributed by atoms with Crippen LogP contribution in [0.1, 0.15) is 38.7 Å². The summed E-state index contributed by atoms with van der Waals surface area (Å²) in [5.41, 5.74) is 0.220. The fraction of sp³-hybridized carbons (Fsp3) is 0.600. The SMILES string of the molecule is CC(C)CCN(C1CC1)S(=O)(=O)c1ccc(F)c(CCl)c1. The van der Waals surface area contributed by atoms with Crippen LogP contribution in [0.15, 0.2) is 23.1 Å². The number of hydrogen-bond donors (Lipinski definition) is 0. The van der Waals surface area contributed by atoms with Crippen molar-refractivity contribution in [1.82, 2.24) is 4.31 Å². The highest BCUT2D eigenvalue weighted by Crippen LogP contribution is 2.33. The van der Waals surface area contributed by atoms with Crippen LogP contribution in [0.2, 0.25) is 0 Å². The lowest BCUT2D eigenvalue weighted by Gasteiger charge is -2.23. The highest BCUT2D eigenvalue weighted by Gasteiger charge is 2.37. The Labute approximate surface area is 131 Å². The van der Waals surface area contributed by atoms with E-state index in [2.05, 4.69) is 13.8 Å². The molecule has 1 aliphatic rings. The highest BCUT2D eigenvalue weighted by molar-refractivity contribution is 7.89. The Morgan fingerprint density at radius 3 is 2.57 bits per heavy atom. The van der Waals surface area contributed by atoms with Gasteiger partial charge in [-0.15, -0.1) is 11.6 Å². The van der Waals surface area contributed by atoms with Crippen molar-refractivity contribution in [2.24, 2.45) is 5.92 Å². The molecular weight excluding hydrogens is 313 g/mol. The average Bonchev–Trinajstić information content (AvgIpc) is 3.23. The fourth-order valence-electron chi connectivity index (χ4n) is 2.20. The standard InChI is InChI=1S/C15H21ClFNO2S/c1-11(2)7-8-18(13-3-4-13)21(19,20)14-5-6-15(17)12(9-14)10-16/h5-6,9,11,13H,3-4,7-8,10H2,1-2H3. The number of hydrogen-bond acceptors (Lipinski definition) is 2. The summed E-state index contributed by atoms with van der Waals surface area (Å²) >= 11 is 5.66. The number of nitrogens with zero attached hydrogens (tertiary/aromatic N) is 1. The molecule has 21 heavy (non-hydrogen) atoms. The van der Waals surface area contributed by atoms with Gasteiger partial charge in [-0.2, -0.15) is 4.31 Å². The zero-order valence-corrected chi connectivity index (χ0v) is 13.9. The molecule has 3 nitrogen and oxygen atoms in total. The topological polar surface area (TPSA) is 37.4 Å². The Morgan fingerprint density at radius 2 is 2.05 bits per heavy atom. The molecule has 0 bridgehead atoms. The van der Waals surface area contributed by atoms with Crippen LogP contribution >= 0.6 is 11.6 Å². The van der Waals surface area contributed by atoms with Crippen molar-refractivity contribution in [3.05, 3.63) is 29.6 Å². The third-order valence-electron chi connectivity index (χ3n) is 3.65. The number of halogens is 2. The fourth-order valence-corrected chi connectivity index (χ4v) is 4.15. The Morgan fingerprint density at radius 1 is 1.38 bits per heavy atom. The first-order valence-corrected chi connectivity index (χ1v) is 9.20. The van der Waals surface area contributed by atoms with E-state index in [4.69, 9.17) is 11.6 Å². The zero-order valence-electron chi connectivity index (χ0n) is 12.4. The van der Waals surface area contributed by atoms with E-state index in [9.17, 15) is 12.8 Å². The number of rotatable bonds is 7. The summed E-state index contributed by atoms with van der Waals surface area (Å²) in [6.07, 6.45) is 2.63. The molecule has 0 amide bonds. The van der Waals surface area contributed by atoms with Crippen LogP contribution in [0, 0.1) is 11.7 Å². The van der Waals surface area contributed by atoms with Gasteiger partial charge in [0.2, 0.25) is 10.0 Å². The van der Waals surface area contributed by atoms with Gasteiger partial charge in [0, 0.05) is 18.2 Å². The quantitative estimate of drug-likeness (QED) is 0.712. The zero-order chi connectivity index (χ0) is 15.6. The molecule has 0 unspecified atom stereocenters. The van der Waals surface area contributed by atoms with Gasteiger partial charge in [-0.05, 0) is 43.4 Å². The van der Waals surface area contributed by atoms with Gasteiger partial charge in [-0.1, -0.05) is 13.8 Å². The molecule has 0 aromatic heterocycles. The number of sulfonamides is 1. The van der Waals surface area contributed by atoms with Crippen molar-refractivity contribution in [2.45, 2.75) is 49.9 Å². The van der Waals surface area contributed by atoms with Gasteiger partial charge in [-0.3, -0.25) is 0 Å². The van der Waals surface area contributed by atoms with E-state index < -0.39 is 15.8 Å². The van der Waals surface area contributed by atoms with E-state index in [1.165, 1.54) is 18.2 Å². The predicted molar refractivity (Wildman–Crippen MR) is 82.3 cm³/mol. The van der Waals surface area contributed by atoms with Gasteiger partial charge in [0.05, 0.1) is 10.8 Å². The maximum atomic E-state index is 13.5. The van der Waals surface area contributed by atoms with Gasteiger partial charge in [0.15, 0.2) is 0 Å². The largest absolute Gasteiger partial charge is 0.243 e. The van der Waals surface area contributed by atoms with Crippen LogP contribution in [0.4, 0.5) is 4.39 Å². The van der Waals surface area contributed by atoms with E-state index in [-0.39, 0.29) is 22.4 Å². The van der Waals surface area contributed by atoms with Crippen LogP contribution in [-0.2, 0) is 15.9 Å². The molecule has 0 atom stereocenters. The molecule has 1 saturated carbocycles. The van der Waals surface area contributed by atoms with Crippen LogP contribution in [-0.4, -0.2) is 25.3 Å². The van der Waals surface area contributed by atoms with Gasteiger partial charge in [0.25, 0.3) is 0 Å². The Balaban J connectivity index is 2.29. The molecule has 1 aromatic rings. The molecule has 0 aliphatic heterocycles. The second kappa shape index (κ2) is 6.63. The van der Waals surface area contributed by atoms with Crippen molar-refractivity contribution in [3.63, 3.8) is 0 Å². The lowest BCUT2D eigenvalue weighted by molar-refractivity contribution is 0.373. The lowest BCUT2D eigenvalue weighted by atomic mass is 10.1. The summed E-state index contributed by atoms with van der Waals surface area (Å²) < 4.78 is 40.6. The third-order valence-corrected chi connectivity index (χ3v) is 5.88. The normalized spacial score (nSPS) is 15.9. The van der Waals surface area contributed by atoms with Crippen molar-refractivity contribution < 1.29 is 12.8 Å². The minimum Gasteiger partial charge on any atom is -0.207 e. The molecule has 1 fully saturated rings. The first-order chi connectivity index (χ1) is 9.86. The molecule has 0 heterocycles. The molecule has 2 rings (SSSR count). The minimum absolute atomic E-state index is 0.0371. The van der Waals surface area contributed by atoms with E-state index in [1.807, 2.05) is 0 Å². The molecule has 0 N–H and O–H groups in total. The van der Waals surface area contributed by atoms with Gasteiger partial charge >= 0.3 is 0 Å². The average molecular weight is 334 g/mol. The lowest BCUT2D eigenvalue weighted by Crippen LogP contribution is -2.34. The molecule has 118 valence electrons. The van der Waals surface area contributed by atoms with Gasteiger partial charge in [-0.25, -0.2) is 12.8 Å². The van der Waals surface area contributed by atoms with Gasteiger partial charge in [0.1, 0.15) is 5.82 Å².